The summed E-state index contributed by atoms with van der Waals surface area (Å²) in [6, 6.07) is 0.443. The molecule has 0 aromatic carbocycles. The Hall–Kier alpha value is -0.900. The summed E-state index contributed by atoms with van der Waals surface area (Å²) in [6.45, 7) is 7.44. The highest BCUT2D eigenvalue weighted by molar-refractivity contribution is 5.17. The molecule has 4 nitrogen and oxygen atoms in total. The van der Waals surface area contributed by atoms with Crippen molar-refractivity contribution in [2.75, 3.05) is 0 Å². The normalized spacial score (nSPS) is 41.1. The molecule has 21 heavy (non-hydrogen) atoms. The molecule has 5 rings (SSSR count). The molecule has 4 saturated carbocycles. The summed E-state index contributed by atoms with van der Waals surface area (Å²) in [4.78, 5) is 0. The van der Waals surface area contributed by atoms with Crippen LogP contribution in [0.4, 0.5) is 0 Å². The summed E-state index contributed by atoms with van der Waals surface area (Å²) in [5.41, 5.74) is 0.719. The van der Waals surface area contributed by atoms with Crippen molar-refractivity contribution < 1.29 is 4.42 Å². The van der Waals surface area contributed by atoms with Crippen LogP contribution in [0.15, 0.2) is 4.42 Å². The largest absolute Gasteiger partial charge is 0.423 e. The molecular weight excluding hydrogens is 262 g/mol. The number of aromatic nitrogens is 2. The molecule has 2 unspecified atom stereocenters. The van der Waals surface area contributed by atoms with Crippen LogP contribution < -0.4 is 5.32 Å². The Morgan fingerprint density at radius 2 is 1.90 bits per heavy atom. The van der Waals surface area contributed by atoms with E-state index in [0.29, 0.717) is 18.0 Å². The molecule has 4 heteroatoms. The second-order valence-electron chi connectivity index (χ2n) is 8.59. The minimum absolute atomic E-state index is 0.196. The minimum atomic E-state index is 0.196. The van der Waals surface area contributed by atoms with Crippen LogP contribution in [-0.2, 0) is 12.0 Å². The van der Waals surface area contributed by atoms with Gasteiger partial charge in [-0.25, -0.2) is 0 Å². The fraction of sp³-hybridized carbons (Fsp3) is 0.882. The molecule has 0 amide bonds. The third-order valence-electron chi connectivity index (χ3n) is 5.94. The fourth-order valence-corrected chi connectivity index (χ4v) is 5.80. The van der Waals surface area contributed by atoms with Crippen LogP contribution in [0.1, 0.15) is 71.1 Å². The zero-order valence-corrected chi connectivity index (χ0v) is 13.5. The number of hydrogen-bond acceptors (Lipinski definition) is 4. The lowest BCUT2D eigenvalue weighted by Crippen LogP contribution is -2.53. The van der Waals surface area contributed by atoms with Crippen LogP contribution in [0.5, 0.6) is 0 Å². The third-order valence-corrected chi connectivity index (χ3v) is 5.94. The van der Waals surface area contributed by atoms with Crippen LogP contribution in [-0.4, -0.2) is 16.2 Å². The van der Waals surface area contributed by atoms with Crippen molar-refractivity contribution in [1.29, 1.82) is 0 Å². The summed E-state index contributed by atoms with van der Waals surface area (Å²) in [6.07, 6.45) is 8.08. The molecule has 4 fully saturated rings. The lowest BCUT2D eigenvalue weighted by atomic mass is 9.44. The van der Waals surface area contributed by atoms with E-state index in [1.165, 1.54) is 38.5 Å². The van der Waals surface area contributed by atoms with Gasteiger partial charge in [-0.3, -0.25) is 0 Å². The topological polar surface area (TPSA) is 51.0 Å². The zero-order chi connectivity index (χ0) is 14.7. The Morgan fingerprint density at radius 3 is 2.52 bits per heavy atom. The van der Waals surface area contributed by atoms with E-state index in [2.05, 4.69) is 36.3 Å². The molecule has 0 saturated heterocycles. The van der Waals surface area contributed by atoms with E-state index in [9.17, 15) is 0 Å². The molecule has 1 heterocycles. The molecule has 1 aromatic rings. The smallest absolute Gasteiger partial charge is 0.230 e. The van der Waals surface area contributed by atoms with Gasteiger partial charge < -0.3 is 9.73 Å². The SMILES string of the molecule is CC(C)NCc1nnc(C23CC4CC(CC(C)(C4)C2)C3)o1. The second-order valence-corrected chi connectivity index (χ2v) is 8.59. The van der Waals surface area contributed by atoms with E-state index in [1.807, 2.05) is 0 Å². The maximum absolute atomic E-state index is 6.08. The van der Waals surface area contributed by atoms with Gasteiger partial charge in [0.15, 0.2) is 0 Å². The number of hydrogen-bond donors (Lipinski definition) is 1. The molecular formula is C17H27N3O. The molecule has 2 atom stereocenters. The fourth-order valence-electron chi connectivity index (χ4n) is 5.80. The highest BCUT2D eigenvalue weighted by Crippen LogP contribution is 2.65. The monoisotopic (exact) mass is 289 g/mol. The number of rotatable bonds is 4. The van der Waals surface area contributed by atoms with E-state index >= 15 is 0 Å². The van der Waals surface area contributed by atoms with Gasteiger partial charge in [-0.05, 0) is 55.8 Å². The van der Waals surface area contributed by atoms with E-state index in [4.69, 9.17) is 4.42 Å². The average molecular weight is 289 g/mol. The quantitative estimate of drug-likeness (QED) is 0.922. The zero-order valence-electron chi connectivity index (χ0n) is 13.5. The van der Waals surface area contributed by atoms with Crippen molar-refractivity contribution in [2.45, 2.75) is 77.3 Å². The second kappa shape index (κ2) is 4.55. The van der Waals surface area contributed by atoms with Gasteiger partial charge >= 0.3 is 0 Å². The summed E-state index contributed by atoms with van der Waals surface area (Å²) in [5, 5.41) is 12.1. The lowest BCUT2D eigenvalue weighted by molar-refractivity contribution is -0.0712. The highest BCUT2D eigenvalue weighted by Gasteiger charge is 2.58. The van der Waals surface area contributed by atoms with Crippen LogP contribution in [0, 0.1) is 17.3 Å². The van der Waals surface area contributed by atoms with Gasteiger partial charge in [-0.1, -0.05) is 20.8 Å². The molecule has 0 radical (unpaired) electrons. The molecule has 1 N–H and O–H groups in total. The Bertz CT molecular complexity index is 522. The van der Waals surface area contributed by atoms with Gasteiger partial charge in [-0.15, -0.1) is 10.2 Å². The van der Waals surface area contributed by atoms with E-state index < -0.39 is 0 Å². The molecule has 0 spiro atoms. The van der Waals surface area contributed by atoms with Gasteiger partial charge in [0.2, 0.25) is 11.8 Å². The first-order valence-electron chi connectivity index (χ1n) is 8.53. The maximum atomic E-state index is 6.08. The van der Waals surface area contributed by atoms with Crippen molar-refractivity contribution in [3.63, 3.8) is 0 Å². The Balaban J connectivity index is 1.58. The molecule has 4 aliphatic rings. The van der Waals surface area contributed by atoms with Crippen molar-refractivity contribution in [1.82, 2.24) is 15.5 Å². The van der Waals surface area contributed by atoms with E-state index in [-0.39, 0.29) is 5.41 Å². The molecule has 116 valence electrons. The molecule has 0 aliphatic heterocycles. The number of nitrogens with zero attached hydrogens (tertiary/aromatic N) is 2. The van der Waals surface area contributed by atoms with Gasteiger partial charge in [0, 0.05) is 11.5 Å². The Labute approximate surface area is 127 Å². The summed E-state index contributed by atoms with van der Waals surface area (Å²) < 4.78 is 6.08. The molecule has 4 aliphatic carbocycles. The van der Waals surface area contributed by atoms with Crippen molar-refractivity contribution >= 4 is 0 Å². The predicted molar refractivity (Wildman–Crippen MR) is 80.7 cm³/mol. The van der Waals surface area contributed by atoms with Crippen LogP contribution in [0.25, 0.3) is 0 Å². The van der Waals surface area contributed by atoms with Gasteiger partial charge in [-0.2, -0.15) is 0 Å². The van der Waals surface area contributed by atoms with Crippen LogP contribution in [0.3, 0.4) is 0 Å². The minimum Gasteiger partial charge on any atom is -0.423 e. The van der Waals surface area contributed by atoms with Gasteiger partial charge in [0.1, 0.15) is 0 Å². The van der Waals surface area contributed by atoms with E-state index in [0.717, 1.165) is 23.6 Å². The maximum Gasteiger partial charge on any atom is 0.230 e. The van der Waals surface area contributed by atoms with Crippen LogP contribution in [0.2, 0.25) is 0 Å². The summed E-state index contributed by atoms with van der Waals surface area (Å²) in [5.74, 6) is 3.46. The lowest BCUT2D eigenvalue weighted by Gasteiger charge is -2.60. The van der Waals surface area contributed by atoms with Gasteiger partial charge in [0.05, 0.1) is 6.54 Å². The molecule has 4 bridgehead atoms. The number of nitrogens with one attached hydrogen (secondary N) is 1. The average Bonchev–Trinajstić information content (AvgIpc) is 2.82. The summed E-state index contributed by atoms with van der Waals surface area (Å²) >= 11 is 0. The van der Waals surface area contributed by atoms with Gasteiger partial charge in [0.25, 0.3) is 0 Å². The van der Waals surface area contributed by atoms with Crippen molar-refractivity contribution in [3.05, 3.63) is 11.8 Å². The predicted octanol–water partition coefficient (Wildman–Crippen LogP) is 3.43. The standard InChI is InChI=1S/C17H27N3O/c1-11(2)18-9-14-19-20-15(21-14)17-7-12-4-13(8-17)6-16(3,5-12)10-17/h11-13,18H,4-10H2,1-3H3. The first kappa shape index (κ1) is 13.7. The van der Waals surface area contributed by atoms with Crippen molar-refractivity contribution in [3.8, 4) is 0 Å². The van der Waals surface area contributed by atoms with Crippen molar-refractivity contribution in [2.24, 2.45) is 17.3 Å². The summed E-state index contributed by atoms with van der Waals surface area (Å²) in [7, 11) is 0. The highest BCUT2D eigenvalue weighted by atomic mass is 16.4. The van der Waals surface area contributed by atoms with E-state index in [1.54, 1.807) is 0 Å². The first-order valence-corrected chi connectivity index (χ1v) is 8.53. The Morgan fingerprint density at radius 1 is 1.19 bits per heavy atom. The first-order chi connectivity index (χ1) is 9.96. The molecule has 1 aromatic heterocycles. The third kappa shape index (κ3) is 2.32. The van der Waals surface area contributed by atoms with Crippen LogP contribution >= 0.6 is 0 Å². The Kier molecular flexibility index (Phi) is 2.97.